The molecule has 0 fully saturated rings. The smallest absolute Gasteiger partial charge is 0 e. The van der Waals surface area contributed by atoms with E-state index in [4.69, 9.17) is 0 Å². The fourth-order valence-corrected chi connectivity index (χ4v) is 0. The Morgan fingerprint density at radius 2 is 0.500 bits per heavy atom. The minimum absolute atomic E-state index is 0. The van der Waals surface area contributed by atoms with Crippen LogP contribution in [-0.4, -0.2) is 52.1 Å². The molecule has 4 heteroatoms. The van der Waals surface area contributed by atoms with Gasteiger partial charge >= 0.3 is 0 Å². The van der Waals surface area contributed by atoms with E-state index >= 15 is 0 Å². The molecule has 0 nitrogen and oxygen atoms in total. The summed E-state index contributed by atoms with van der Waals surface area (Å²) in [5.74, 6) is 0. The Morgan fingerprint density at radius 3 is 0.500 bits per heavy atom. The van der Waals surface area contributed by atoms with Crippen molar-refractivity contribution in [1.82, 2.24) is 0 Å². The average Bonchev–Trinajstić information content (AvgIpc) is 0. The van der Waals surface area contributed by atoms with Gasteiger partial charge in [-0.25, -0.2) is 0 Å². The van der Waals surface area contributed by atoms with Crippen LogP contribution in [0, 0.1) is 0 Å². The van der Waals surface area contributed by atoms with E-state index < -0.39 is 0 Å². The SMILES string of the molecule is [AlH3].[AlH3].[AlH3].[Ti]. The normalized spacial score (nSPS) is 0. The first-order chi connectivity index (χ1) is 0. The van der Waals surface area contributed by atoms with Gasteiger partial charge in [0.2, 0.25) is 0 Å². The summed E-state index contributed by atoms with van der Waals surface area (Å²) in [6.45, 7) is 0. The third kappa shape index (κ3) is 8.85. The molecular formula is H9Al3Ti. The van der Waals surface area contributed by atoms with Gasteiger partial charge in [-0.15, -0.1) is 0 Å². The topological polar surface area (TPSA) is 0 Å². The van der Waals surface area contributed by atoms with Gasteiger partial charge in [0.15, 0.2) is 52.1 Å². The predicted molar refractivity (Wildman–Crippen MR) is 29.8 cm³/mol. The van der Waals surface area contributed by atoms with E-state index in [1.54, 1.807) is 0 Å². The van der Waals surface area contributed by atoms with Gasteiger partial charge in [-0.05, 0) is 0 Å². The molecule has 0 aromatic heterocycles. The van der Waals surface area contributed by atoms with E-state index in [1.807, 2.05) is 0 Å². The molecule has 0 unspecified atom stereocenters. The van der Waals surface area contributed by atoms with Crippen molar-refractivity contribution in [3.05, 3.63) is 0 Å². The fourth-order valence-electron chi connectivity index (χ4n) is 0. The Bertz CT molecular complexity index is 3.25. The maximum absolute atomic E-state index is 0. The second-order valence-corrected chi connectivity index (χ2v) is 0. The largest absolute Gasteiger partial charge is 0.187 e. The zero-order valence-electron chi connectivity index (χ0n) is 0.500. The molecule has 22 valence electrons. The molecule has 0 amide bonds. The van der Waals surface area contributed by atoms with Crippen molar-refractivity contribution in [2.24, 2.45) is 0 Å². The van der Waals surface area contributed by atoms with Crippen molar-refractivity contribution in [1.29, 1.82) is 0 Å². The Hall–Kier alpha value is 2.31. The molecular weight excluding hydrogens is 129 g/mol. The van der Waals surface area contributed by atoms with Crippen LogP contribution in [0.3, 0.4) is 0 Å². The van der Waals surface area contributed by atoms with Gasteiger partial charge in [0.25, 0.3) is 0 Å². The third-order valence-electron chi connectivity index (χ3n) is 0. The third-order valence-corrected chi connectivity index (χ3v) is 0. The summed E-state index contributed by atoms with van der Waals surface area (Å²) in [5.41, 5.74) is 0. The summed E-state index contributed by atoms with van der Waals surface area (Å²) in [6.07, 6.45) is 0. The fraction of sp³-hybridized carbons (Fsp3) is 0. The molecule has 0 aliphatic rings. The van der Waals surface area contributed by atoms with Crippen molar-refractivity contribution in [3.8, 4) is 0 Å². The molecule has 0 radical (unpaired) electrons. The summed E-state index contributed by atoms with van der Waals surface area (Å²) in [4.78, 5) is 0. The van der Waals surface area contributed by atoms with Crippen LogP contribution in [0.4, 0.5) is 0 Å². The Labute approximate surface area is 73.0 Å². The first-order valence-electron chi connectivity index (χ1n) is 0. The maximum atomic E-state index is 0. The maximum Gasteiger partial charge on any atom is 0.187 e. The molecule has 0 saturated carbocycles. The molecule has 0 saturated heterocycles. The molecule has 0 atom stereocenters. The standard InChI is InChI=1S/3Al.Ti.9H. The molecule has 0 aromatic carbocycles. The first-order valence-corrected chi connectivity index (χ1v) is 0. The summed E-state index contributed by atoms with van der Waals surface area (Å²) in [6, 6.07) is 0. The minimum Gasteiger partial charge on any atom is 0 e. The quantitative estimate of drug-likeness (QED) is 0.304. The van der Waals surface area contributed by atoms with Crippen LogP contribution in [0.5, 0.6) is 0 Å². The molecule has 0 aliphatic heterocycles. The molecule has 4 heavy (non-hydrogen) atoms. The van der Waals surface area contributed by atoms with Crippen LogP contribution in [-0.2, 0) is 21.7 Å². The molecule has 0 N–H and O–H groups in total. The summed E-state index contributed by atoms with van der Waals surface area (Å²) in [5, 5.41) is 0. The monoisotopic (exact) mass is 138 g/mol. The van der Waals surface area contributed by atoms with Gasteiger partial charge in [0.05, 0.1) is 0 Å². The van der Waals surface area contributed by atoms with Gasteiger partial charge in [-0.3, -0.25) is 0 Å². The van der Waals surface area contributed by atoms with Crippen molar-refractivity contribution < 1.29 is 21.7 Å². The number of rotatable bonds is 0. The summed E-state index contributed by atoms with van der Waals surface area (Å²) in [7, 11) is 0. The Morgan fingerprint density at radius 1 is 0.500 bits per heavy atom. The second kappa shape index (κ2) is 18.5. The van der Waals surface area contributed by atoms with Crippen LogP contribution in [0.1, 0.15) is 0 Å². The predicted octanol–water partition coefficient (Wildman–Crippen LogP) is -3.55. The number of hydrogen-bond donors (Lipinski definition) is 0. The van der Waals surface area contributed by atoms with Crippen LogP contribution in [0.25, 0.3) is 0 Å². The second-order valence-electron chi connectivity index (χ2n) is 0. The molecule has 0 aliphatic carbocycles. The Balaban J connectivity index is 0. The van der Waals surface area contributed by atoms with E-state index in [-0.39, 0.29) is 73.8 Å². The summed E-state index contributed by atoms with van der Waals surface area (Å²) < 4.78 is 0. The average molecular weight is 138 g/mol. The molecule has 0 bridgehead atoms. The van der Waals surface area contributed by atoms with Gasteiger partial charge in [0, 0.05) is 21.7 Å². The van der Waals surface area contributed by atoms with Crippen LogP contribution < -0.4 is 0 Å². The van der Waals surface area contributed by atoms with Crippen LogP contribution in [0.2, 0.25) is 0 Å². The van der Waals surface area contributed by atoms with Crippen molar-refractivity contribution >= 4 is 52.1 Å². The molecule has 0 rings (SSSR count). The van der Waals surface area contributed by atoms with Crippen LogP contribution in [0.15, 0.2) is 0 Å². The zero-order chi connectivity index (χ0) is 0. The molecule has 0 heterocycles. The van der Waals surface area contributed by atoms with Gasteiger partial charge < -0.3 is 0 Å². The molecule has 0 spiro atoms. The van der Waals surface area contributed by atoms with E-state index in [9.17, 15) is 0 Å². The van der Waals surface area contributed by atoms with E-state index in [2.05, 4.69) is 0 Å². The van der Waals surface area contributed by atoms with Gasteiger partial charge in [0.1, 0.15) is 0 Å². The Kier molecular flexibility index (Phi) is 154. The summed E-state index contributed by atoms with van der Waals surface area (Å²) >= 11 is 0. The van der Waals surface area contributed by atoms with Crippen molar-refractivity contribution in [3.63, 3.8) is 0 Å². The van der Waals surface area contributed by atoms with Crippen molar-refractivity contribution in [2.45, 2.75) is 0 Å². The van der Waals surface area contributed by atoms with Gasteiger partial charge in [-0.1, -0.05) is 0 Å². The van der Waals surface area contributed by atoms with Crippen molar-refractivity contribution in [2.75, 3.05) is 0 Å². The van der Waals surface area contributed by atoms with E-state index in [0.29, 0.717) is 0 Å². The molecule has 0 aromatic rings. The van der Waals surface area contributed by atoms with E-state index in [0.717, 1.165) is 0 Å². The van der Waals surface area contributed by atoms with Crippen LogP contribution >= 0.6 is 0 Å². The van der Waals surface area contributed by atoms with E-state index in [1.165, 1.54) is 0 Å². The zero-order valence-corrected chi connectivity index (χ0v) is 2.06. The first kappa shape index (κ1) is 33.3. The van der Waals surface area contributed by atoms with Gasteiger partial charge in [-0.2, -0.15) is 0 Å². The minimum atomic E-state index is 0. The number of hydrogen-bond acceptors (Lipinski definition) is 0.